The molecule has 7 heteroatoms. The van der Waals surface area contributed by atoms with Gasteiger partial charge in [-0.3, -0.25) is 9.67 Å². The van der Waals surface area contributed by atoms with Crippen molar-refractivity contribution in [3.8, 4) is 0 Å². The molecule has 25 heavy (non-hydrogen) atoms. The fourth-order valence-corrected chi connectivity index (χ4v) is 2.44. The zero-order valence-electron chi connectivity index (χ0n) is 16.1. The lowest BCUT2D eigenvalue weighted by Crippen LogP contribution is -2.38. The molecule has 0 saturated carbocycles. The van der Waals surface area contributed by atoms with Crippen LogP contribution in [0.5, 0.6) is 0 Å². The minimum atomic E-state index is 0. The van der Waals surface area contributed by atoms with Crippen LogP contribution in [0.3, 0.4) is 0 Å². The summed E-state index contributed by atoms with van der Waals surface area (Å²) in [4.78, 5) is 4.22. The molecule has 0 radical (unpaired) electrons. The number of nitrogens with one attached hydrogen (secondary N) is 2. The summed E-state index contributed by atoms with van der Waals surface area (Å²) in [5.74, 6) is 0.812. The van der Waals surface area contributed by atoms with E-state index in [1.807, 2.05) is 17.8 Å². The minimum absolute atomic E-state index is 0. The van der Waals surface area contributed by atoms with Gasteiger partial charge in [-0.1, -0.05) is 39.0 Å². The maximum Gasteiger partial charge on any atom is 0.191 e. The van der Waals surface area contributed by atoms with Crippen molar-refractivity contribution < 1.29 is 4.74 Å². The number of rotatable bonds is 13. The van der Waals surface area contributed by atoms with E-state index >= 15 is 0 Å². The van der Waals surface area contributed by atoms with E-state index in [4.69, 9.17) is 4.74 Å². The van der Waals surface area contributed by atoms with Crippen molar-refractivity contribution in [3.63, 3.8) is 0 Å². The van der Waals surface area contributed by atoms with Gasteiger partial charge in [0, 0.05) is 40.1 Å². The highest BCUT2D eigenvalue weighted by Gasteiger charge is 2.01. The molecule has 146 valence electrons. The molecule has 1 heterocycles. The maximum atomic E-state index is 5.68. The summed E-state index contributed by atoms with van der Waals surface area (Å²) < 4.78 is 7.54. The van der Waals surface area contributed by atoms with Crippen molar-refractivity contribution in [2.24, 2.45) is 12.0 Å². The molecule has 0 atom stereocenters. The van der Waals surface area contributed by atoms with E-state index in [1.54, 1.807) is 13.2 Å². The highest BCUT2D eigenvalue weighted by Crippen LogP contribution is 2.04. The van der Waals surface area contributed by atoms with Crippen LogP contribution in [0.2, 0.25) is 0 Å². The fraction of sp³-hybridized carbons (Fsp3) is 0.778. The van der Waals surface area contributed by atoms with Crippen molar-refractivity contribution in [2.75, 3.05) is 26.8 Å². The lowest BCUT2D eigenvalue weighted by atomic mass is 10.1. The van der Waals surface area contributed by atoms with Crippen LogP contribution in [0.1, 0.15) is 57.6 Å². The highest BCUT2D eigenvalue weighted by molar-refractivity contribution is 14.0. The summed E-state index contributed by atoms with van der Waals surface area (Å²) >= 11 is 0. The van der Waals surface area contributed by atoms with Gasteiger partial charge >= 0.3 is 0 Å². The van der Waals surface area contributed by atoms with Crippen LogP contribution < -0.4 is 10.6 Å². The van der Waals surface area contributed by atoms with Crippen LogP contribution >= 0.6 is 24.0 Å². The summed E-state index contributed by atoms with van der Waals surface area (Å²) in [7, 11) is 3.72. The molecular formula is C18H36IN5O. The molecule has 0 spiro atoms. The maximum absolute atomic E-state index is 5.68. The number of hydrogen-bond donors (Lipinski definition) is 2. The van der Waals surface area contributed by atoms with Gasteiger partial charge in [0.25, 0.3) is 0 Å². The Morgan fingerprint density at radius 1 is 1.12 bits per heavy atom. The average molecular weight is 465 g/mol. The number of aliphatic imine (C=N–C) groups is 1. The lowest BCUT2D eigenvalue weighted by Gasteiger charge is -2.12. The van der Waals surface area contributed by atoms with Gasteiger partial charge < -0.3 is 15.4 Å². The van der Waals surface area contributed by atoms with Gasteiger partial charge in [-0.05, 0) is 18.9 Å². The molecule has 0 aliphatic heterocycles. The molecule has 0 aliphatic carbocycles. The second-order valence-electron chi connectivity index (χ2n) is 6.03. The molecule has 0 aliphatic rings. The number of ether oxygens (including phenoxy) is 1. The Kier molecular flexibility index (Phi) is 16.1. The molecule has 6 nitrogen and oxygen atoms in total. The van der Waals surface area contributed by atoms with Crippen LogP contribution in [0.25, 0.3) is 0 Å². The van der Waals surface area contributed by atoms with Crippen LogP contribution in [-0.4, -0.2) is 42.5 Å². The molecule has 0 unspecified atom stereocenters. The Hall–Kier alpha value is -0.830. The van der Waals surface area contributed by atoms with Gasteiger partial charge in [0.1, 0.15) is 0 Å². The van der Waals surface area contributed by atoms with E-state index in [0.717, 1.165) is 37.8 Å². The SMILES string of the molecule is CCCCCCCCOCCCNC(=NC)NCc1ccnn1C.I. The fourth-order valence-electron chi connectivity index (χ4n) is 2.44. The molecule has 0 bridgehead atoms. The molecule has 0 aromatic carbocycles. The predicted octanol–water partition coefficient (Wildman–Crippen LogP) is 3.47. The van der Waals surface area contributed by atoms with E-state index < -0.39 is 0 Å². The van der Waals surface area contributed by atoms with Gasteiger partial charge in [0.05, 0.1) is 12.2 Å². The van der Waals surface area contributed by atoms with Crippen molar-refractivity contribution in [1.29, 1.82) is 0 Å². The zero-order chi connectivity index (χ0) is 17.5. The number of nitrogens with zero attached hydrogens (tertiary/aromatic N) is 3. The smallest absolute Gasteiger partial charge is 0.191 e. The number of guanidine groups is 1. The van der Waals surface area contributed by atoms with E-state index in [-0.39, 0.29) is 24.0 Å². The number of unbranched alkanes of at least 4 members (excludes halogenated alkanes) is 5. The summed E-state index contributed by atoms with van der Waals surface area (Å²) in [6.07, 6.45) is 10.7. The zero-order valence-corrected chi connectivity index (χ0v) is 18.4. The quantitative estimate of drug-likeness (QED) is 0.203. The predicted molar refractivity (Wildman–Crippen MR) is 116 cm³/mol. The van der Waals surface area contributed by atoms with E-state index in [0.29, 0.717) is 6.54 Å². The third-order valence-electron chi connectivity index (χ3n) is 3.98. The average Bonchev–Trinajstić information content (AvgIpc) is 3.00. The minimum Gasteiger partial charge on any atom is -0.381 e. The van der Waals surface area contributed by atoms with Gasteiger partial charge in [0.2, 0.25) is 0 Å². The first-order valence-electron chi connectivity index (χ1n) is 9.27. The van der Waals surface area contributed by atoms with Gasteiger partial charge in [-0.2, -0.15) is 5.10 Å². The molecule has 0 amide bonds. The molecular weight excluding hydrogens is 429 g/mol. The van der Waals surface area contributed by atoms with Crippen LogP contribution in [0, 0.1) is 0 Å². The molecule has 2 N–H and O–H groups in total. The van der Waals surface area contributed by atoms with Crippen molar-refractivity contribution in [1.82, 2.24) is 20.4 Å². The molecule has 0 fully saturated rings. The second kappa shape index (κ2) is 16.6. The van der Waals surface area contributed by atoms with Crippen LogP contribution in [0.4, 0.5) is 0 Å². The molecule has 0 saturated heterocycles. The summed E-state index contributed by atoms with van der Waals surface area (Å²) in [5.41, 5.74) is 1.13. The third-order valence-corrected chi connectivity index (χ3v) is 3.98. The monoisotopic (exact) mass is 465 g/mol. The van der Waals surface area contributed by atoms with Gasteiger partial charge in [-0.15, -0.1) is 24.0 Å². The Morgan fingerprint density at radius 3 is 2.52 bits per heavy atom. The summed E-state index contributed by atoms with van der Waals surface area (Å²) in [5, 5.41) is 10.7. The Labute approximate surface area is 170 Å². The Balaban J connectivity index is 0.00000576. The first kappa shape index (κ1) is 24.2. The topological polar surface area (TPSA) is 63.5 Å². The lowest BCUT2D eigenvalue weighted by molar-refractivity contribution is 0.128. The van der Waals surface area contributed by atoms with Gasteiger partial charge in [0.15, 0.2) is 5.96 Å². The Morgan fingerprint density at radius 2 is 1.84 bits per heavy atom. The number of halogens is 1. The van der Waals surface area contributed by atoms with E-state index in [2.05, 4.69) is 27.6 Å². The Bertz CT molecular complexity index is 450. The molecule has 1 rings (SSSR count). The van der Waals surface area contributed by atoms with Gasteiger partial charge in [-0.25, -0.2) is 0 Å². The normalized spacial score (nSPS) is 11.2. The van der Waals surface area contributed by atoms with Crippen LogP contribution in [-0.2, 0) is 18.3 Å². The molecule has 1 aromatic rings. The highest BCUT2D eigenvalue weighted by atomic mass is 127. The number of aryl methyl sites for hydroxylation is 1. The third kappa shape index (κ3) is 12.2. The van der Waals surface area contributed by atoms with E-state index in [1.165, 1.54) is 38.5 Å². The number of hydrogen-bond acceptors (Lipinski definition) is 3. The first-order valence-corrected chi connectivity index (χ1v) is 9.27. The summed E-state index contributed by atoms with van der Waals surface area (Å²) in [6, 6.07) is 2.00. The first-order chi connectivity index (χ1) is 11.8. The van der Waals surface area contributed by atoms with Crippen molar-refractivity contribution >= 4 is 29.9 Å². The largest absolute Gasteiger partial charge is 0.381 e. The van der Waals surface area contributed by atoms with Crippen molar-refractivity contribution in [2.45, 2.75) is 58.4 Å². The van der Waals surface area contributed by atoms with Crippen LogP contribution in [0.15, 0.2) is 17.3 Å². The summed E-state index contributed by atoms with van der Waals surface area (Å²) in [6.45, 7) is 5.52. The number of aromatic nitrogens is 2. The van der Waals surface area contributed by atoms with Crippen molar-refractivity contribution in [3.05, 3.63) is 18.0 Å². The second-order valence-corrected chi connectivity index (χ2v) is 6.03. The van der Waals surface area contributed by atoms with E-state index in [9.17, 15) is 0 Å². The molecule has 1 aromatic heterocycles. The standard InChI is InChI=1S/C18H35N5O.HI/c1-4-5-6-7-8-9-14-24-15-10-12-20-18(19-2)21-16-17-11-13-22-23(17)3;/h11,13H,4-10,12,14-16H2,1-3H3,(H2,19,20,21);1H.